The van der Waals surface area contributed by atoms with E-state index in [0.717, 1.165) is 52.0 Å². The molecule has 5 nitrogen and oxygen atoms in total. The Labute approximate surface area is 148 Å². The summed E-state index contributed by atoms with van der Waals surface area (Å²) in [7, 11) is 0. The Morgan fingerprint density at radius 2 is 1.88 bits per heavy atom. The van der Waals surface area contributed by atoms with Crippen LogP contribution in [0.5, 0.6) is 0 Å². The number of rotatable bonds is 4. The number of para-hydroxylation sites is 1. The lowest BCUT2D eigenvalue weighted by Gasteiger charge is -2.39. The zero-order valence-electron chi connectivity index (χ0n) is 14.7. The minimum atomic E-state index is -0.177. The molecule has 134 valence electrons. The summed E-state index contributed by atoms with van der Waals surface area (Å²) in [5.41, 5.74) is 1.19. The Morgan fingerprint density at radius 3 is 2.64 bits per heavy atom. The molecule has 2 aromatic rings. The van der Waals surface area contributed by atoms with Crippen LogP contribution in [0.25, 0.3) is 10.9 Å². The van der Waals surface area contributed by atoms with E-state index in [4.69, 9.17) is 0 Å². The number of fused-ring (bicyclic) bond motifs is 1. The number of nitrogens with zero attached hydrogens (tertiary/aromatic N) is 3. The highest BCUT2D eigenvalue weighted by Crippen LogP contribution is 2.25. The van der Waals surface area contributed by atoms with Crippen LogP contribution in [0.3, 0.4) is 0 Å². The van der Waals surface area contributed by atoms with Crippen LogP contribution in [0.1, 0.15) is 25.7 Å². The lowest BCUT2D eigenvalue weighted by Crippen LogP contribution is -2.53. The summed E-state index contributed by atoms with van der Waals surface area (Å²) < 4.78 is 2.17. The van der Waals surface area contributed by atoms with Gasteiger partial charge in [0.2, 0.25) is 5.91 Å². The zero-order chi connectivity index (χ0) is 17.2. The molecular weight excluding hydrogens is 314 g/mol. The molecule has 1 aromatic heterocycles. The first kappa shape index (κ1) is 16.6. The third-order valence-corrected chi connectivity index (χ3v) is 5.83. The topological polar surface area (TPSA) is 48.7 Å². The van der Waals surface area contributed by atoms with Crippen LogP contribution in [0.4, 0.5) is 0 Å². The van der Waals surface area contributed by atoms with Gasteiger partial charge >= 0.3 is 0 Å². The number of aliphatic hydroxyl groups is 1. The number of aryl methyl sites for hydroxylation is 1. The molecule has 0 bridgehead atoms. The van der Waals surface area contributed by atoms with Crippen molar-refractivity contribution in [3.8, 4) is 0 Å². The Bertz CT molecular complexity index is 733. The van der Waals surface area contributed by atoms with Gasteiger partial charge < -0.3 is 14.6 Å². The number of aromatic nitrogens is 1. The molecule has 1 saturated carbocycles. The number of benzene rings is 1. The number of amides is 1. The fraction of sp³-hybridized carbons (Fsp3) is 0.550. The van der Waals surface area contributed by atoms with E-state index in [9.17, 15) is 9.90 Å². The summed E-state index contributed by atoms with van der Waals surface area (Å²) in [5, 5.41) is 11.3. The van der Waals surface area contributed by atoms with Crippen LogP contribution in [-0.2, 0) is 11.3 Å². The van der Waals surface area contributed by atoms with Crippen molar-refractivity contribution in [2.24, 2.45) is 0 Å². The Hall–Kier alpha value is -1.85. The van der Waals surface area contributed by atoms with Crippen LogP contribution in [0.15, 0.2) is 36.5 Å². The molecule has 0 spiro atoms. The highest BCUT2D eigenvalue weighted by atomic mass is 16.3. The second kappa shape index (κ2) is 7.18. The number of hydrogen-bond donors (Lipinski definition) is 1. The molecule has 2 fully saturated rings. The van der Waals surface area contributed by atoms with Crippen molar-refractivity contribution >= 4 is 16.8 Å². The van der Waals surface area contributed by atoms with Crippen molar-refractivity contribution in [3.05, 3.63) is 36.5 Å². The van der Waals surface area contributed by atoms with E-state index in [2.05, 4.69) is 33.9 Å². The maximum Gasteiger partial charge on any atom is 0.224 e. The summed E-state index contributed by atoms with van der Waals surface area (Å²) in [6, 6.07) is 10.7. The normalized spacial score (nSPS) is 24.9. The fourth-order valence-corrected chi connectivity index (χ4v) is 4.36. The molecule has 5 heteroatoms. The van der Waals surface area contributed by atoms with Crippen LogP contribution in [0, 0.1) is 0 Å². The average molecular weight is 341 g/mol. The third-order valence-electron chi connectivity index (χ3n) is 5.83. The number of carbonyl (C=O) groups is 1. The first-order valence-electron chi connectivity index (χ1n) is 9.46. The van der Waals surface area contributed by atoms with Gasteiger partial charge in [-0.1, -0.05) is 18.2 Å². The lowest BCUT2D eigenvalue weighted by atomic mass is 10.1. The molecule has 2 heterocycles. The lowest BCUT2D eigenvalue weighted by molar-refractivity contribution is -0.133. The van der Waals surface area contributed by atoms with Gasteiger partial charge in [0.15, 0.2) is 0 Å². The Morgan fingerprint density at radius 1 is 1.08 bits per heavy atom. The molecule has 1 N–H and O–H groups in total. The second-order valence-corrected chi connectivity index (χ2v) is 7.30. The van der Waals surface area contributed by atoms with E-state index >= 15 is 0 Å². The van der Waals surface area contributed by atoms with Gasteiger partial charge in [0.25, 0.3) is 0 Å². The Kier molecular flexibility index (Phi) is 4.77. The minimum Gasteiger partial charge on any atom is -0.391 e. The quantitative estimate of drug-likeness (QED) is 0.926. The maximum atomic E-state index is 12.6. The smallest absolute Gasteiger partial charge is 0.224 e. The summed E-state index contributed by atoms with van der Waals surface area (Å²) in [5.74, 6) is 0.240. The van der Waals surface area contributed by atoms with Crippen LogP contribution >= 0.6 is 0 Å². The summed E-state index contributed by atoms with van der Waals surface area (Å²) >= 11 is 0. The molecule has 4 rings (SSSR count). The number of hydrogen-bond acceptors (Lipinski definition) is 3. The van der Waals surface area contributed by atoms with E-state index in [1.165, 1.54) is 10.9 Å². The largest absolute Gasteiger partial charge is 0.391 e. The van der Waals surface area contributed by atoms with Crippen molar-refractivity contribution in [1.29, 1.82) is 0 Å². The van der Waals surface area contributed by atoms with Crippen molar-refractivity contribution < 1.29 is 9.90 Å². The average Bonchev–Trinajstić information content (AvgIpc) is 3.26. The predicted octanol–water partition coefficient (Wildman–Crippen LogP) is 2.09. The molecule has 2 aliphatic rings. The molecular formula is C20H27N3O2. The van der Waals surface area contributed by atoms with Crippen LogP contribution in [-0.4, -0.2) is 63.7 Å². The molecule has 25 heavy (non-hydrogen) atoms. The standard InChI is InChI=1S/C20H27N3O2/c24-19-7-3-6-18(19)22-12-14-23(15-13-22)20(25)9-11-21-10-8-16-4-1-2-5-17(16)21/h1-2,4-5,8,10,18-19,24H,3,6-7,9,11-15H2/t18-,19-/m0/s1. The number of carbonyl (C=O) groups excluding carboxylic acids is 1. The highest BCUT2D eigenvalue weighted by molar-refractivity contribution is 5.80. The molecule has 1 aliphatic carbocycles. The van der Waals surface area contributed by atoms with E-state index < -0.39 is 0 Å². The van der Waals surface area contributed by atoms with E-state index in [1.54, 1.807) is 0 Å². The maximum absolute atomic E-state index is 12.6. The molecule has 0 unspecified atom stereocenters. The van der Waals surface area contributed by atoms with Crippen molar-refractivity contribution in [2.45, 2.75) is 44.4 Å². The fourth-order valence-electron chi connectivity index (χ4n) is 4.36. The summed E-state index contributed by atoms with van der Waals surface area (Å²) in [6.07, 6.45) is 5.58. The summed E-state index contributed by atoms with van der Waals surface area (Å²) in [6.45, 7) is 4.08. The molecule has 1 saturated heterocycles. The molecule has 1 aromatic carbocycles. The van der Waals surface area contributed by atoms with Crippen LogP contribution < -0.4 is 0 Å². The highest BCUT2D eigenvalue weighted by Gasteiger charge is 2.33. The van der Waals surface area contributed by atoms with Crippen molar-refractivity contribution in [3.63, 3.8) is 0 Å². The van der Waals surface area contributed by atoms with Crippen molar-refractivity contribution in [1.82, 2.24) is 14.4 Å². The molecule has 2 atom stereocenters. The summed E-state index contributed by atoms with van der Waals surface area (Å²) in [4.78, 5) is 16.9. The first-order valence-corrected chi connectivity index (χ1v) is 9.46. The van der Waals surface area contributed by atoms with E-state index in [0.29, 0.717) is 12.5 Å². The van der Waals surface area contributed by atoms with Gasteiger partial charge in [-0.15, -0.1) is 0 Å². The van der Waals surface area contributed by atoms with Gasteiger partial charge in [0, 0.05) is 56.9 Å². The van der Waals surface area contributed by atoms with Gasteiger partial charge in [-0.25, -0.2) is 0 Å². The van der Waals surface area contributed by atoms with Gasteiger partial charge in [-0.05, 0) is 36.8 Å². The van der Waals surface area contributed by atoms with Gasteiger partial charge in [-0.2, -0.15) is 0 Å². The molecule has 1 aliphatic heterocycles. The Balaban J connectivity index is 1.29. The van der Waals surface area contributed by atoms with Gasteiger partial charge in [-0.3, -0.25) is 9.69 Å². The SMILES string of the molecule is O=C(CCn1ccc2ccccc21)N1CCN([C@H]2CCC[C@@H]2O)CC1. The first-order chi connectivity index (χ1) is 12.2. The van der Waals surface area contributed by atoms with Crippen molar-refractivity contribution in [2.75, 3.05) is 26.2 Å². The number of aliphatic hydroxyl groups excluding tert-OH is 1. The molecule has 1 amide bonds. The minimum absolute atomic E-state index is 0.177. The monoisotopic (exact) mass is 341 g/mol. The predicted molar refractivity (Wildman–Crippen MR) is 98.4 cm³/mol. The molecule has 0 radical (unpaired) electrons. The van der Waals surface area contributed by atoms with E-state index in [-0.39, 0.29) is 12.0 Å². The van der Waals surface area contributed by atoms with Gasteiger partial charge in [0.1, 0.15) is 0 Å². The van der Waals surface area contributed by atoms with Crippen LogP contribution in [0.2, 0.25) is 0 Å². The van der Waals surface area contributed by atoms with Gasteiger partial charge in [0.05, 0.1) is 6.10 Å². The zero-order valence-corrected chi connectivity index (χ0v) is 14.7. The number of piperazine rings is 1. The third kappa shape index (κ3) is 3.44. The second-order valence-electron chi connectivity index (χ2n) is 7.30. The van der Waals surface area contributed by atoms with E-state index in [1.807, 2.05) is 17.0 Å².